The van der Waals surface area contributed by atoms with Crippen molar-refractivity contribution in [2.45, 2.75) is 88.3 Å². The molecule has 2 unspecified atom stereocenters. The molecule has 0 aromatic heterocycles. The van der Waals surface area contributed by atoms with Crippen LogP contribution in [0, 0.1) is 0 Å². The van der Waals surface area contributed by atoms with Crippen molar-refractivity contribution in [2.75, 3.05) is 0 Å². The number of ketones is 2. The zero-order valence-electron chi connectivity index (χ0n) is 51.6. The van der Waals surface area contributed by atoms with Crippen LogP contribution in [0.15, 0.2) is 222 Å². The fourth-order valence-corrected chi connectivity index (χ4v) is 13.9. The van der Waals surface area contributed by atoms with Crippen LogP contribution in [0.25, 0.3) is 34.4 Å². The molecule has 8 aromatic carbocycles. The molecule has 4 nitrogen and oxygen atoms in total. The Balaban J connectivity index is 0.000000156. The maximum Gasteiger partial charge on any atom is 0.454 e. The molecule has 2 N–H and O–H groups in total. The van der Waals surface area contributed by atoms with Crippen molar-refractivity contribution in [1.29, 1.82) is 0 Å². The number of hydrogen-bond donors (Lipinski definition) is 2. The number of aryl methyl sites for hydroxylation is 2. The van der Waals surface area contributed by atoms with Crippen LogP contribution in [0.1, 0.15) is 79.6 Å². The van der Waals surface area contributed by atoms with Crippen molar-refractivity contribution in [2.24, 2.45) is 0 Å². The van der Waals surface area contributed by atoms with E-state index in [0.717, 1.165) is 56.8 Å². The monoisotopic (exact) mass is 1710 g/mol. The van der Waals surface area contributed by atoms with Crippen LogP contribution in [0.2, 0.25) is 20.1 Å². The van der Waals surface area contributed by atoms with Gasteiger partial charge in [0.2, 0.25) is 0 Å². The number of aliphatic hydroxyl groups excluding tert-OH is 2. The van der Waals surface area contributed by atoms with E-state index in [4.69, 9.17) is 46.4 Å². The first-order valence-electron chi connectivity index (χ1n) is 30.2. The van der Waals surface area contributed by atoms with Crippen LogP contribution in [-0.4, -0.2) is 58.7 Å². The lowest BCUT2D eigenvalue weighted by atomic mass is 9.96. The van der Waals surface area contributed by atoms with Crippen LogP contribution in [0.5, 0.6) is 0 Å². The summed E-state index contributed by atoms with van der Waals surface area (Å²) in [6.07, 6.45) is -14.2. The van der Waals surface area contributed by atoms with Gasteiger partial charge in [0, 0.05) is 54.7 Å². The summed E-state index contributed by atoms with van der Waals surface area (Å²) in [5.41, 5.74) is 9.61. The molecule has 0 saturated carbocycles. The van der Waals surface area contributed by atoms with Gasteiger partial charge in [-0.25, -0.2) is 0 Å². The molecular weight excluding hydrogens is 1670 g/mol. The van der Waals surface area contributed by atoms with Gasteiger partial charge in [-0.1, -0.05) is 218 Å². The number of rotatable bonds is 14. The molecule has 2 atom stereocenters. The minimum Gasteiger partial charge on any atom is -0.379 e. The summed E-state index contributed by atoms with van der Waals surface area (Å²) in [4.78, 5) is 23.9. The van der Waals surface area contributed by atoms with Crippen LogP contribution in [0.4, 0.5) is 52.7 Å². The number of benzene rings is 8. The van der Waals surface area contributed by atoms with Gasteiger partial charge in [0.05, 0.1) is 0 Å². The third kappa shape index (κ3) is 20.1. The summed E-state index contributed by atoms with van der Waals surface area (Å²) in [6, 6.07) is 48.4. The Morgan fingerprint density at radius 2 is 0.680 bits per heavy atom. The van der Waals surface area contributed by atoms with Gasteiger partial charge in [-0.05, 0) is 232 Å². The Morgan fingerprint density at radius 3 is 1.10 bits per heavy atom. The zero-order chi connectivity index (χ0) is 72.8. The average Bonchev–Trinajstić information content (AvgIpc) is 1.64. The van der Waals surface area contributed by atoms with Crippen molar-refractivity contribution in [3.05, 3.63) is 309 Å². The third-order valence-corrected chi connectivity index (χ3v) is 19.4. The van der Waals surface area contributed by atoms with Crippen LogP contribution >= 0.6 is 110 Å². The highest BCUT2D eigenvalue weighted by Crippen LogP contribution is 2.46. The van der Waals surface area contributed by atoms with Crippen LogP contribution in [0.3, 0.4) is 0 Å². The Bertz CT molecular complexity index is 4580. The minimum absolute atomic E-state index is 0.00367. The topological polar surface area (TPSA) is 74.6 Å². The van der Waals surface area contributed by atoms with E-state index in [2.05, 4.69) is 63.7 Å². The molecule has 0 fully saturated rings. The molecule has 0 heterocycles. The van der Waals surface area contributed by atoms with Gasteiger partial charge in [-0.3, -0.25) is 9.59 Å². The van der Waals surface area contributed by atoms with E-state index in [9.17, 15) is 72.5 Å². The van der Waals surface area contributed by atoms with Gasteiger partial charge in [-0.15, -0.1) is 0 Å². The predicted molar refractivity (Wildman–Crippen MR) is 386 cm³/mol. The fraction of sp³-hybridized carbons (Fsp3) is 0.184. The van der Waals surface area contributed by atoms with E-state index < -0.39 is 48.5 Å². The van der Waals surface area contributed by atoms with Gasteiger partial charge in [0.25, 0.3) is 11.6 Å². The number of aliphatic hydroxyl groups is 2. The number of hydrogen-bond acceptors (Lipinski definition) is 4. The molecule has 0 spiro atoms. The lowest BCUT2D eigenvalue weighted by Gasteiger charge is -2.19. The van der Waals surface area contributed by atoms with Crippen molar-refractivity contribution < 1.29 is 72.5 Å². The second-order valence-electron chi connectivity index (χ2n) is 23.3. The van der Waals surface area contributed by atoms with Crippen molar-refractivity contribution in [3.63, 3.8) is 0 Å². The number of carbonyl (C=O) groups excluding carboxylic acids is 2. The Labute approximate surface area is 620 Å². The Kier molecular flexibility index (Phi) is 25.7. The van der Waals surface area contributed by atoms with E-state index >= 15 is 0 Å². The van der Waals surface area contributed by atoms with Crippen LogP contribution < -0.4 is 0 Å². The van der Waals surface area contributed by atoms with Gasteiger partial charge < -0.3 is 10.2 Å². The molecule has 520 valence electrons. The number of allylic oxidation sites excluding steroid dienone is 8. The fourth-order valence-electron chi connectivity index (χ4n) is 11.8. The second-order valence-corrected chi connectivity index (χ2v) is 28.7. The van der Waals surface area contributed by atoms with Gasteiger partial charge in [-0.2, -0.15) is 52.7 Å². The van der Waals surface area contributed by atoms with E-state index in [0.29, 0.717) is 115 Å². The highest BCUT2D eigenvalue weighted by atomic mass is 79.9. The quantitative estimate of drug-likeness (QED) is 0.106. The van der Waals surface area contributed by atoms with Crippen molar-refractivity contribution in [3.8, 4) is 0 Å². The Hall–Kier alpha value is -6.30. The highest BCUT2D eigenvalue weighted by molar-refractivity contribution is 9.11. The van der Waals surface area contributed by atoms with Crippen LogP contribution in [-0.2, 0) is 48.1 Å². The summed E-state index contributed by atoms with van der Waals surface area (Å²) in [5, 5.41) is 22.1. The van der Waals surface area contributed by atoms with Gasteiger partial charge >= 0.3 is 24.7 Å². The average molecular weight is 1720 g/mol. The molecular formula is C76H52Br4Cl4F12O4. The number of fused-ring (bicyclic) bond motifs is 4. The summed E-state index contributed by atoms with van der Waals surface area (Å²) >= 11 is 36.7. The molecule has 0 bridgehead atoms. The maximum absolute atomic E-state index is 13.1. The molecule has 24 heteroatoms. The maximum atomic E-state index is 13.1. The van der Waals surface area contributed by atoms with E-state index in [1.165, 1.54) is 0 Å². The van der Waals surface area contributed by atoms with E-state index in [1.54, 1.807) is 164 Å². The molecule has 0 radical (unpaired) electrons. The standard InChI is InChI=1S/C19H15BrClF3O.2C19H13BrClF3O.C19H11BrClF3O/c4*20-14-5-8-16-13(10-14)9-12(17(16)18(25)19(22,23)24)4-1-11-2-6-15(21)7-3-11/h2-3,5-8,10,18,25H,1,4,9H2;2-3,5-8,10H,1,4,9H2;1-8,10,18,25H,9H2;1-8,10H,9H2/b;;2*4-1+. The largest absolute Gasteiger partial charge is 0.454 e. The molecule has 0 saturated heterocycles. The number of halogens is 20. The molecule has 4 aliphatic carbocycles. The summed E-state index contributed by atoms with van der Waals surface area (Å²) < 4.78 is 160. The van der Waals surface area contributed by atoms with E-state index in [-0.39, 0.29) is 28.7 Å². The van der Waals surface area contributed by atoms with Crippen molar-refractivity contribution >= 4 is 156 Å². The van der Waals surface area contributed by atoms with Crippen molar-refractivity contribution in [1.82, 2.24) is 0 Å². The first kappa shape index (κ1) is 77.8. The summed E-state index contributed by atoms with van der Waals surface area (Å²) in [6.45, 7) is 0. The third-order valence-electron chi connectivity index (χ3n) is 16.4. The smallest absolute Gasteiger partial charge is 0.379 e. The van der Waals surface area contributed by atoms with E-state index in [1.807, 2.05) is 30.3 Å². The number of carbonyl (C=O) groups is 2. The molecule has 12 rings (SSSR count). The highest BCUT2D eigenvalue weighted by Gasteiger charge is 2.47. The van der Waals surface area contributed by atoms with Gasteiger partial charge in [0.1, 0.15) is 0 Å². The minimum atomic E-state index is -4.91. The normalized spacial score (nSPS) is 14.9. The summed E-state index contributed by atoms with van der Waals surface area (Å²) in [5.74, 6) is -3.58. The predicted octanol–water partition coefficient (Wildman–Crippen LogP) is 24.5. The lowest BCUT2D eigenvalue weighted by molar-refractivity contribution is -0.184. The summed E-state index contributed by atoms with van der Waals surface area (Å²) in [7, 11) is 0. The molecule has 4 aliphatic rings. The number of Topliss-reactive ketones (excluding diaryl/α,β-unsaturated/α-hetero) is 2. The molecule has 100 heavy (non-hydrogen) atoms. The van der Waals surface area contributed by atoms with Gasteiger partial charge in [0.15, 0.2) is 12.2 Å². The zero-order valence-corrected chi connectivity index (χ0v) is 60.9. The first-order valence-corrected chi connectivity index (χ1v) is 34.8. The first-order chi connectivity index (χ1) is 47.0. The molecule has 0 aliphatic heterocycles. The molecule has 0 amide bonds. The lowest BCUT2D eigenvalue weighted by Crippen LogP contribution is -2.30. The SMILES string of the molecule is O=C(C1=C(/C=C/c2ccc(Cl)cc2)Cc2cc(Br)ccc21)C(F)(F)F.O=C(C1=C(CCc2ccc(Cl)cc2)Cc2cc(Br)ccc21)C(F)(F)F.OC(C1=C(/C=C/c2ccc(Cl)cc2)Cc2cc(Br)ccc21)C(F)(F)F.OC(C1=C(CCc2ccc(Cl)cc2)Cc2cc(Br)ccc21)C(F)(F)F. The number of alkyl halides is 12. The second kappa shape index (κ2) is 33.0. The Morgan fingerprint density at radius 1 is 0.370 bits per heavy atom. The molecule has 8 aromatic rings.